The van der Waals surface area contributed by atoms with Crippen molar-refractivity contribution in [3.63, 3.8) is 0 Å². The van der Waals surface area contributed by atoms with Crippen molar-refractivity contribution in [2.24, 2.45) is 7.05 Å². The maximum Gasteiger partial charge on any atom is 0.289 e. The Morgan fingerprint density at radius 3 is 2.68 bits per heavy atom. The van der Waals surface area contributed by atoms with Crippen LogP contribution in [-0.2, 0) is 23.7 Å². The highest BCUT2D eigenvalue weighted by Crippen LogP contribution is 2.32. The van der Waals surface area contributed by atoms with Crippen molar-refractivity contribution in [3.05, 3.63) is 71.4 Å². The van der Waals surface area contributed by atoms with Crippen molar-refractivity contribution < 1.29 is 18.3 Å². The molecule has 1 atom stereocenters. The number of amides is 1. The van der Waals surface area contributed by atoms with Gasteiger partial charge >= 0.3 is 0 Å². The lowest BCUT2D eigenvalue weighted by molar-refractivity contribution is 0.0298. The van der Waals surface area contributed by atoms with E-state index in [4.69, 9.17) is 20.4 Å². The number of rotatable bonds is 7. The molecular formula is C24H22B2F2N8O2. The molecule has 190 valence electrons. The largest absolute Gasteiger partial charge is 0.382 e. The number of carbonyl (C=O) groups is 1. The quantitative estimate of drug-likeness (QED) is 0.377. The lowest BCUT2D eigenvalue weighted by atomic mass is 9.56. The minimum Gasteiger partial charge on any atom is -0.382 e. The monoisotopic (exact) mass is 514 g/mol. The Kier molecular flexibility index (Phi) is 6.51. The van der Waals surface area contributed by atoms with Crippen LogP contribution < -0.4 is 5.32 Å². The van der Waals surface area contributed by atoms with E-state index in [1.54, 1.807) is 41.0 Å². The molecule has 38 heavy (non-hydrogen) atoms. The molecule has 0 bridgehead atoms. The lowest BCUT2D eigenvalue weighted by Gasteiger charge is -2.47. The SMILES string of the molecule is [B]C([B])(c1ccc(F)c(F)c1)N1C(=O)c2nc(-c3nc(Nc4ccnn4C)ncc3C)cn2CC1COC. The summed E-state index contributed by atoms with van der Waals surface area (Å²) in [5, 5.41) is 5.24. The molecule has 1 unspecified atom stereocenters. The predicted molar refractivity (Wildman–Crippen MR) is 136 cm³/mol. The summed E-state index contributed by atoms with van der Waals surface area (Å²) in [5.74, 6) is -1.70. The Balaban J connectivity index is 1.52. The van der Waals surface area contributed by atoms with Gasteiger partial charge in [-0.05, 0) is 35.5 Å². The maximum atomic E-state index is 14.0. The molecule has 1 amide bonds. The molecule has 0 spiro atoms. The minimum absolute atomic E-state index is 0.0172. The minimum atomic E-state index is -1.97. The van der Waals surface area contributed by atoms with Crippen LogP contribution in [-0.4, -0.2) is 75.6 Å². The lowest BCUT2D eigenvalue weighted by Crippen LogP contribution is -2.60. The van der Waals surface area contributed by atoms with E-state index >= 15 is 0 Å². The fourth-order valence-electron chi connectivity index (χ4n) is 4.47. The van der Waals surface area contributed by atoms with Crippen LogP contribution in [0.2, 0.25) is 0 Å². The number of aromatic nitrogens is 6. The molecule has 4 radical (unpaired) electrons. The third kappa shape index (κ3) is 4.44. The third-order valence-electron chi connectivity index (χ3n) is 6.37. The van der Waals surface area contributed by atoms with Crippen LogP contribution in [0.15, 0.2) is 42.9 Å². The Bertz CT molecular complexity index is 1520. The molecule has 0 aliphatic carbocycles. The summed E-state index contributed by atoms with van der Waals surface area (Å²) in [7, 11) is 16.1. The number of imidazole rings is 1. The number of benzene rings is 1. The highest BCUT2D eigenvalue weighted by Gasteiger charge is 2.43. The molecular weight excluding hydrogens is 492 g/mol. The van der Waals surface area contributed by atoms with Gasteiger partial charge < -0.3 is 19.5 Å². The van der Waals surface area contributed by atoms with Crippen LogP contribution in [0.25, 0.3) is 11.4 Å². The molecule has 1 aliphatic heterocycles. The summed E-state index contributed by atoms with van der Waals surface area (Å²) >= 11 is 0. The number of nitrogens with zero attached hydrogens (tertiary/aromatic N) is 7. The van der Waals surface area contributed by atoms with Crippen LogP contribution in [0, 0.1) is 18.6 Å². The van der Waals surface area contributed by atoms with E-state index < -0.39 is 28.9 Å². The van der Waals surface area contributed by atoms with Gasteiger partial charge in [0.15, 0.2) is 17.5 Å². The molecule has 0 saturated heterocycles. The first kappa shape index (κ1) is 25.6. The van der Waals surface area contributed by atoms with E-state index in [0.29, 0.717) is 23.2 Å². The molecule has 14 heteroatoms. The van der Waals surface area contributed by atoms with Crippen molar-refractivity contribution in [2.75, 3.05) is 19.0 Å². The molecule has 4 heterocycles. The first-order valence-electron chi connectivity index (χ1n) is 11.6. The molecule has 1 aromatic carbocycles. The van der Waals surface area contributed by atoms with Gasteiger partial charge in [0, 0.05) is 39.2 Å². The average Bonchev–Trinajstić information content (AvgIpc) is 3.48. The number of aryl methyl sites for hydroxylation is 2. The van der Waals surface area contributed by atoms with Crippen molar-refractivity contribution >= 4 is 33.4 Å². The maximum absolute atomic E-state index is 14.0. The summed E-state index contributed by atoms with van der Waals surface area (Å²) in [5.41, 5.74) is 1.71. The molecule has 4 aromatic rings. The molecule has 10 nitrogen and oxygen atoms in total. The summed E-state index contributed by atoms with van der Waals surface area (Å²) < 4.78 is 36.2. The number of fused-ring (bicyclic) bond motifs is 1. The van der Waals surface area contributed by atoms with Crippen LogP contribution in [0.1, 0.15) is 21.7 Å². The van der Waals surface area contributed by atoms with E-state index in [1.807, 2.05) is 6.92 Å². The van der Waals surface area contributed by atoms with E-state index in [2.05, 4.69) is 25.4 Å². The Labute approximate surface area is 219 Å². The number of ether oxygens (including phenoxy) is 1. The Morgan fingerprint density at radius 1 is 1.21 bits per heavy atom. The van der Waals surface area contributed by atoms with Crippen LogP contribution in [0.3, 0.4) is 0 Å². The number of hydrogen-bond acceptors (Lipinski definition) is 7. The summed E-state index contributed by atoms with van der Waals surface area (Å²) in [6.07, 6.45) is 5.00. The highest BCUT2D eigenvalue weighted by molar-refractivity contribution is 6.40. The van der Waals surface area contributed by atoms with Gasteiger partial charge in [-0.15, -0.1) is 0 Å². The topological polar surface area (TPSA) is 103 Å². The van der Waals surface area contributed by atoms with E-state index in [9.17, 15) is 13.6 Å². The molecule has 3 aromatic heterocycles. The van der Waals surface area contributed by atoms with Crippen molar-refractivity contribution in [2.45, 2.75) is 24.8 Å². The average molecular weight is 514 g/mol. The number of anilines is 2. The van der Waals surface area contributed by atoms with Gasteiger partial charge in [0.25, 0.3) is 5.91 Å². The standard InChI is InChI=1S/C24H22B2F2N8O2/c1-13-9-29-23(32-19-6-7-30-34(19)2)33-20(13)18-11-35-10-15(12-38-3)36(22(37)21(35)31-18)24(25,26)14-4-5-16(27)17(28)8-14/h4-9,11,15H,10,12H2,1-3H3,(H,29,32,33). The van der Waals surface area contributed by atoms with Gasteiger partial charge in [0.1, 0.15) is 11.5 Å². The smallest absolute Gasteiger partial charge is 0.289 e. The van der Waals surface area contributed by atoms with Gasteiger partial charge in [0.05, 0.1) is 40.2 Å². The normalized spacial score (nSPS) is 15.6. The predicted octanol–water partition coefficient (Wildman–Crippen LogP) is 2.02. The molecule has 1 aliphatic rings. The molecule has 0 fully saturated rings. The van der Waals surface area contributed by atoms with Gasteiger partial charge in [-0.2, -0.15) is 5.10 Å². The zero-order chi connectivity index (χ0) is 27.2. The fraction of sp³-hybridized carbons (Fsp3) is 0.292. The molecule has 5 rings (SSSR count). The summed E-state index contributed by atoms with van der Waals surface area (Å²) in [6, 6.07) is 4.18. The number of carbonyl (C=O) groups excluding carboxylic acids is 1. The zero-order valence-electron chi connectivity index (χ0n) is 20.9. The van der Waals surface area contributed by atoms with Gasteiger partial charge in [-0.1, -0.05) is 6.07 Å². The van der Waals surface area contributed by atoms with E-state index in [-0.39, 0.29) is 24.5 Å². The van der Waals surface area contributed by atoms with E-state index in [0.717, 1.165) is 17.7 Å². The van der Waals surface area contributed by atoms with Crippen LogP contribution in [0.4, 0.5) is 20.5 Å². The fourth-order valence-corrected chi connectivity index (χ4v) is 4.47. The van der Waals surface area contributed by atoms with Gasteiger partial charge in [0.2, 0.25) is 5.95 Å². The zero-order valence-corrected chi connectivity index (χ0v) is 20.9. The molecule has 0 saturated carbocycles. The summed E-state index contributed by atoms with van der Waals surface area (Å²) in [4.78, 5) is 28.4. The van der Waals surface area contributed by atoms with Crippen LogP contribution in [0.5, 0.6) is 0 Å². The number of nitrogens with one attached hydrogen (secondary N) is 1. The second-order valence-electron chi connectivity index (χ2n) is 9.03. The molecule has 1 N–H and O–H groups in total. The Hall–Kier alpha value is -4.06. The van der Waals surface area contributed by atoms with Gasteiger partial charge in [-0.3, -0.25) is 9.48 Å². The third-order valence-corrected chi connectivity index (χ3v) is 6.37. The number of halogens is 2. The van der Waals surface area contributed by atoms with Crippen LogP contribution >= 0.6 is 0 Å². The number of hydrogen-bond donors (Lipinski definition) is 1. The first-order valence-corrected chi connectivity index (χ1v) is 11.6. The highest BCUT2D eigenvalue weighted by atomic mass is 19.2. The van der Waals surface area contributed by atoms with E-state index in [1.165, 1.54) is 18.1 Å². The Morgan fingerprint density at radius 2 is 2.00 bits per heavy atom. The summed E-state index contributed by atoms with van der Waals surface area (Å²) in [6.45, 7) is 2.16. The number of methoxy groups -OCH3 is 1. The van der Waals surface area contributed by atoms with Gasteiger partial charge in [-0.25, -0.2) is 23.7 Å². The van der Waals surface area contributed by atoms with Crippen molar-refractivity contribution in [1.82, 2.24) is 34.2 Å². The van der Waals surface area contributed by atoms with Crippen molar-refractivity contribution in [1.29, 1.82) is 0 Å². The van der Waals surface area contributed by atoms with Crippen molar-refractivity contribution in [3.8, 4) is 11.4 Å². The second-order valence-corrected chi connectivity index (χ2v) is 9.03. The first-order chi connectivity index (χ1) is 18.1. The second kappa shape index (κ2) is 9.67.